The first kappa shape index (κ1) is 13.6. The summed E-state index contributed by atoms with van der Waals surface area (Å²) in [4.78, 5) is 11.3. The molecule has 1 heterocycles. The maximum atomic E-state index is 11.3. The lowest BCUT2D eigenvalue weighted by Crippen LogP contribution is -2.13. The lowest BCUT2D eigenvalue weighted by molar-refractivity contribution is -0.144. The molecule has 0 bridgehead atoms. The van der Waals surface area contributed by atoms with E-state index in [9.17, 15) is 4.79 Å². The van der Waals surface area contributed by atoms with Gasteiger partial charge in [-0.25, -0.2) is 0 Å². The third-order valence-corrected chi connectivity index (χ3v) is 2.43. The highest BCUT2D eigenvalue weighted by molar-refractivity contribution is 5.69. The second kappa shape index (κ2) is 6.38. The second-order valence-electron chi connectivity index (χ2n) is 3.92. The maximum absolute atomic E-state index is 11.3. The molecule has 0 fully saturated rings. The Kier molecular flexibility index (Phi) is 4.35. The van der Waals surface area contributed by atoms with E-state index in [2.05, 4.69) is 5.10 Å². The Labute approximate surface area is 116 Å². The zero-order chi connectivity index (χ0) is 14.4. The highest BCUT2D eigenvalue weighted by Crippen LogP contribution is 2.20. The van der Waals surface area contributed by atoms with Crippen LogP contribution < -0.4 is 4.74 Å². The molecule has 1 aromatic carbocycles. The van der Waals surface area contributed by atoms with E-state index >= 15 is 0 Å². The number of aromatic nitrogens is 2. The SMILES string of the molecule is CCOC(=O)Cn1cc(Oc2ccc(C#N)cc2)cn1. The first-order chi connectivity index (χ1) is 9.71. The third-order valence-electron chi connectivity index (χ3n) is 2.43. The van der Waals surface area contributed by atoms with Crippen LogP contribution in [0.4, 0.5) is 0 Å². The molecular weight excluding hydrogens is 258 g/mol. The molecule has 0 aliphatic rings. The van der Waals surface area contributed by atoms with Gasteiger partial charge in [0.05, 0.1) is 30.6 Å². The number of carbonyl (C=O) groups is 1. The summed E-state index contributed by atoms with van der Waals surface area (Å²) < 4.78 is 11.8. The molecule has 1 aromatic heterocycles. The quantitative estimate of drug-likeness (QED) is 0.778. The van der Waals surface area contributed by atoms with Crippen molar-refractivity contribution in [2.45, 2.75) is 13.5 Å². The van der Waals surface area contributed by atoms with Gasteiger partial charge in [-0.15, -0.1) is 0 Å². The molecule has 0 amide bonds. The molecular formula is C14H13N3O3. The molecule has 0 radical (unpaired) electrons. The first-order valence-corrected chi connectivity index (χ1v) is 6.07. The minimum absolute atomic E-state index is 0.0462. The van der Waals surface area contributed by atoms with E-state index in [0.717, 1.165) is 0 Å². The average Bonchev–Trinajstić information content (AvgIpc) is 2.87. The Balaban J connectivity index is 1.98. The number of esters is 1. The summed E-state index contributed by atoms with van der Waals surface area (Å²) >= 11 is 0. The molecule has 6 nitrogen and oxygen atoms in total. The molecule has 0 aliphatic heterocycles. The van der Waals surface area contributed by atoms with Crippen LogP contribution in [0.1, 0.15) is 12.5 Å². The van der Waals surface area contributed by atoms with Crippen molar-refractivity contribution in [1.29, 1.82) is 5.26 Å². The van der Waals surface area contributed by atoms with Crippen LogP contribution in [0.15, 0.2) is 36.7 Å². The van der Waals surface area contributed by atoms with Crippen LogP contribution in [0.5, 0.6) is 11.5 Å². The van der Waals surface area contributed by atoms with E-state index in [1.807, 2.05) is 6.07 Å². The number of benzene rings is 1. The molecule has 0 N–H and O–H groups in total. The van der Waals surface area contributed by atoms with Gasteiger partial charge in [0.2, 0.25) is 0 Å². The van der Waals surface area contributed by atoms with Crippen molar-refractivity contribution in [2.75, 3.05) is 6.61 Å². The summed E-state index contributed by atoms with van der Waals surface area (Å²) in [7, 11) is 0. The van der Waals surface area contributed by atoms with Crippen LogP contribution in [0, 0.1) is 11.3 Å². The van der Waals surface area contributed by atoms with Gasteiger partial charge in [-0.05, 0) is 31.2 Å². The first-order valence-electron chi connectivity index (χ1n) is 6.07. The van der Waals surface area contributed by atoms with Crippen molar-refractivity contribution in [3.8, 4) is 17.6 Å². The van der Waals surface area contributed by atoms with E-state index in [4.69, 9.17) is 14.7 Å². The molecule has 0 atom stereocenters. The predicted molar refractivity (Wildman–Crippen MR) is 70.1 cm³/mol. The standard InChI is InChI=1S/C14H13N3O3/c1-2-19-14(18)10-17-9-13(8-16-17)20-12-5-3-11(7-15)4-6-12/h3-6,8-9H,2,10H2,1H3. The lowest BCUT2D eigenvalue weighted by Gasteiger charge is -2.02. The molecule has 2 aromatic rings. The fraction of sp³-hybridized carbons (Fsp3) is 0.214. The Bertz CT molecular complexity index is 626. The van der Waals surface area contributed by atoms with Crippen molar-refractivity contribution < 1.29 is 14.3 Å². The smallest absolute Gasteiger partial charge is 0.327 e. The van der Waals surface area contributed by atoms with Crippen LogP contribution in [0.3, 0.4) is 0 Å². The number of hydrogen-bond acceptors (Lipinski definition) is 5. The topological polar surface area (TPSA) is 77.1 Å². The molecule has 102 valence electrons. The van der Waals surface area contributed by atoms with Crippen LogP contribution in [0.2, 0.25) is 0 Å². The fourth-order valence-electron chi connectivity index (χ4n) is 1.56. The Morgan fingerprint density at radius 2 is 2.10 bits per heavy atom. The second-order valence-corrected chi connectivity index (χ2v) is 3.92. The summed E-state index contributed by atoms with van der Waals surface area (Å²) in [6.45, 7) is 2.14. The van der Waals surface area contributed by atoms with Crippen molar-refractivity contribution in [1.82, 2.24) is 9.78 Å². The summed E-state index contributed by atoms with van der Waals surface area (Å²) in [5.74, 6) is 0.763. The predicted octanol–water partition coefficient (Wildman–Crippen LogP) is 2.11. The van der Waals surface area contributed by atoms with Gasteiger partial charge >= 0.3 is 5.97 Å². The van der Waals surface area contributed by atoms with Gasteiger partial charge in [0.1, 0.15) is 12.3 Å². The number of ether oxygens (including phenoxy) is 2. The Hall–Kier alpha value is -2.81. The third kappa shape index (κ3) is 3.59. The zero-order valence-corrected chi connectivity index (χ0v) is 10.9. The monoisotopic (exact) mass is 271 g/mol. The molecule has 2 rings (SSSR count). The maximum Gasteiger partial charge on any atom is 0.327 e. The molecule has 0 saturated heterocycles. The highest BCUT2D eigenvalue weighted by atomic mass is 16.5. The van der Waals surface area contributed by atoms with Gasteiger partial charge in [0.25, 0.3) is 0 Å². The average molecular weight is 271 g/mol. The van der Waals surface area contributed by atoms with Gasteiger partial charge in [0.15, 0.2) is 5.75 Å². The molecule has 0 aliphatic carbocycles. The minimum atomic E-state index is -0.347. The molecule has 0 spiro atoms. The Morgan fingerprint density at radius 3 is 2.75 bits per heavy atom. The fourth-order valence-corrected chi connectivity index (χ4v) is 1.56. The number of carbonyl (C=O) groups excluding carboxylic acids is 1. The molecule has 6 heteroatoms. The van der Waals surface area contributed by atoms with Crippen molar-refractivity contribution in [2.24, 2.45) is 0 Å². The summed E-state index contributed by atoms with van der Waals surface area (Å²) in [6, 6.07) is 8.75. The van der Waals surface area contributed by atoms with E-state index in [1.165, 1.54) is 10.9 Å². The summed E-state index contributed by atoms with van der Waals surface area (Å²) in [6.07, 6.45) is 3.12. The van der Waals surface area contributed by atoms with Crippen LogP contribution in [0.25, 0.3) is 0 Å². The van der Waals surface area contributed by atoms with Gasteiger partial charge in [0, 0.05) is 0 Å². The van der Waals surface area contributed by atoms with Crippen LogP contribution >= 0.6 is 0 Å². The van der Waals surface area contributed by atoms with E-state index < -0.39 is 0 Å². The molecule has 0 saturated carbocycles. The number of nitriles is 1. The van der Waals surface area contributed by atoms with E-state index in [1.54, 1.807) is 37.4 Å². The van der Waals surface area contributed by atoms with E-state index in [-0.39, 0.29) is 12.5 Å². The summed E-state index contributed by atoms with van der Waals surface area (Å²) in [5.41, 5.74) is 0.565. The summed E-state index contributed by atoms with van der Waals surface area (Å²) in [5, 5.41) is 12.7. The van der Waals surface area contributed by atoms with Crippen molar-refractivity contribution in [3.63, 3.8) is 0 Å². The lowest BCUT2D eigenvalue weighted by atomic mass is 10.2. The molecule has 0 unspecified atom stereocenters. The minimum Gasteiger partial charge on any atom is -0.465 e. The van der Waals surface area contributed by atoms with Gasteiger partial charge in [-0.3, -0.25) is 9.48 Å². The van der Waals surface area contributed by atoms with Gasteiger partial charge in [-0.2, -0.15) is 10.4 Å². The number of hydrogen-bond donors (Lipinski definition) is 0. The van der Waals surface area contributed by atoms with Gasteiger partial charge in [-0.1, -0.05) is 0 Å². The Morgan fingerprint density at radius 1 is 1.35 bits per heavy atom. The number of nitrogens with zero attached hydrogens (tertiary/aromatic N) is 3. The van der Waals surface area contributed by atoms with E-state index in [0.29, 0.717) is 23.7 Å². The zero-order valence-electron chi connectivity index (χ0n) is 10.9. The number of rotatable bonds is 5. The molecule has 20 heavy (non-hydrogen) atoms. The largest absolute Gasteiger partial charge is 0.465 e. The van der Waals surface area contributed by atoms with Crippen LogP contribution in [-0.2, 0) is 16.1 Å². The van der Waals surface area contributed by atoms with Crippen molar-refractivity contribution in [3.05, 3.63) is 42.2 Å². The highest BCUT2D eigenvalue weighted by Gasteiger charge is 2.06. The van der Waals surface area contributed by atoms with Crippen LogP contribution in [-0.4, -0.2) is 22.4 Å². The van der Waals surface area contributed by atoms with Gasteiger partial charge < -0.3 is 9.47 Å². The normalized spacial score (nSPS) is 9.80. The van der Waals surface area contributed by atoms with Crippen molar-refractivity contribution >= 4 is 5.97 Å².